The molecule has 0 radical (unpaired) electrons. The van der Waals surface area contributed by atoms with Gasteiger partial charge in [-0.2, -0.15) is 0 Å². The molecular formula is C50H40F22N6O7. The summed E-state index contributed by atoms with van der Waals surface area (Å²) in [6.45, 7) is 0. The number of carboxylic acid groups (broad SMARTS) is 1. The van der Waals surface area contributed by atoms with Crippen molar-refractivity contribution < 1.29 is 134 Å². The fraction of sp³-hybridized carbons (Fsp3) is 0.160. The molecule has 0 fully saturated rings. The Morgan fingerprint density at radius 1 is 0.506 bits per heavy atom. The van der Waals surface area contributed by atoms with E-state index in [2.05, 4.69) is 15.3 Å². The highest BCUT2D eigenvalue weighted by Gasteiger charge is 2.34. The average molecular weight is 1250 g/mol. The summed E-state index contributed by atoms with van der Waals surface area (Å²) in [6, 6.07) is 27.8. The minimum Gasteiger partial charge on any atom is -0.477 e. The molecule has 85 heavy (non-hydrogen) atoms. The summed E-state index contributed by atoms with van der Waals surface area (Å²) in [5.74, 6) is -4.85. The number of imidazole rings is 2. The van der Waals surface area contributed by atoms with Crippen LogP contribution >= 0.6 is 0 Å². The zero-order chi connectivity index (χ0) is 65.5. The number of aromatic carboxylic acids is 1. The number of halogens is 22. The van der Waals surface area contributed by atoms with E-state index in [1.807, 2.05) is 48.5 Å². The van der Waals surface area contributed by atoms with Gasteiger partial charge in [0.05, 0.1) is 36.0 Å². The smallest absolute Gasteiger partial charge is 0.354 e. The predicted molar refractivity (Wildman–Crippen MR) is 258 cm³/mol. The Hall–Kier alpha value is -9.28. The lowest BCUT2D eigenvalue weighted by molar-refractivity contribution is 0.0688. The van der Waals surface area contributed by atoms with Crippen molar-refractivity contribution in [2.75, 3.05) is 11.1 Å². The van der Waals surface area contributed by atoms with E-state index in [0.717, 1.165) is 28.3 Å². The first-order chi connectivity index (χ1) is 41.1. The van der Waals surface area contributed by atoms with Crippen LogP contribution in [0.2, 0.25) is 0 Å². The van der Waals surface area contributed by atoms with Crippen LogP contribution in [0.4, 0.5) is 111 Å². The number of anilines is 2. The summed E-state index contributed by atoms with van der Waals surface area (Å²) in [5.41, 5.74) is 10.6. The number of aromatic nitrogens is 4. The molecule has 2 aliphatic rings. The molecule has 4 aromatic heterocycles. The maximum Gasteiger partial charge on any atom is 0.354 e. The number of amides is 1. The van der Waals surface area contributed by atoms with Crippen molar-refractivity contribution in [3.63, 3.8) is 0 Å². The summed E-state index contributed by atoms with van der Waals surface area (Å²) in [6.07, 6.45) is 5.25. The topological polar surface area (TPSA) is 202 Å². The number of aliphatic hydroxyl groups excluding tert-OH is 2. The molecule has 4 heterocycles. The summed E-state index contributed by atoms with van der Waals surface area (Å²) in [7, 11) is 0. The first-order valence-electron chi connectivity index (χ1n) is 22.2. The minimum atomic E-state index is -1.08. The molecule has 0 spiro atoms. The molecule has 10 rings (SSSR count). The third-order valence-corrected chi connectivity index (χ3v) is 11.8. The number of ketones is 2. The quantitative estimate of drug-likeness (QED) is 0.0526. The van der Waals surface area contributed by atoms with Gasteiger partial charge in [-0.25, -0.2) is 32.3 Å². The molecular weight excluding hydrogens is 1210 g/mol. The summed E-state index contributed by atoms with van der Waals surface area (Å²) in [4.78, 5) is 56.3. The lowest BCUT2D eigenvalue weighted by Gasteiger charge is -2.15. The number of nitrogens with zero attached hydrogens (tertiary/aromatic N) is 4. The van der Waals surface area contributed by atoms with Crippen molar-refractivity contribution in [3.05, 3.63) is 202 Å². The second-order valence-corrected chi connectivity index (χ2v) is 16.0. The average Bonchev–Trinajstić information content (AvgIpc) is 4.55. The maximum absolute atomic E-state index is 14.4. The van der Waals surface area contributed by atoms with Gasteiger partial charge in [-0.05, 0) is 83.6 Å². The number of hydrogen-bond acceptors (Lipinski definition) is 9. The lowest BCUT2D eigenvalue weighted by atomic mass is 9.91. The molecule has 1 amide bonds. The van der Waals surface area contributed by atoms with E-state index >= 15 is 0 Å². The molecule has 6 N–H and O–H groups in total. The van der Waals surface area contributed by atoms with Gasteiger partial charge in [0.1, 0.15) is 40.3 Å². The first kappa shape index (κ1) is 77.8. The van der Waals surface area contributed by atoms with E-state index in [9.17, 15) is 47.0 Å². The van der Waals surface area contributed by atoms with Gasteiger partial charge >= 0.3 is 5.97 Å². The van der Waals surface area contributed by atoms with Gasteiger partial charge < -0.3 is 26.4 Å². The number of rotatable bonds is 9. The van der Waals surface area contributed by atoms with Crippen LogP contribution in [0, 0.1) is 23.3 Å². The molecule has 13 nitrogen and oxygen atoms in total. The van der Waals surface area contributed by atoms with E-state index in [0.29, 0.717) is 18.4 Å². The highest BCUT2D eigenvalue weighted by Crippen LogP contribution is 2.38. The lowest BCUT2D eigenvalue weighted by Crippen LogP contribution is -2.18. The Labute approximate surface area is 461 Å². The molecule has 466 valence electrons. The zero-order valence-corrected chi connectivity index (χ0v) is 42.0. The Morgan fingerprint density at radius 2 is 0.882 bits per heavy atom. The number of carbonyl (C=O) groups is 4. The molecule has 8 aromatic rings. The van der Waals surface area contributed by atoms with Gasteiger partial charge in [0.15, 0.2) is 17.3 Å². The van der Waals surface area contributed by atoms with Gasteiger partial charge in [0.25, 0.3) is 5.91 Å². The first-order valence-corrected chi connectivity index (χ1v) is 22.2. The van der Waals surface area contributed by atoms with E-state index in [1.165, 1.54) is 88.2 Å². The van der Waals surface area contributed by atoms with Gasteiger partial charge in [0.2, 0.25) is 0 Å². The van der Waals surface area contributed by atoms with Gasteiger partial charge in [-0.15, -0.1) is 0 Å². The van der Waals surface area contributed by atoms with Crippen LogP contribution < -0.4 is 11.1 Å². The van der Waals surface area contributed by atoms with Crippen molar-refractivity contribution in [1.29, 1.82) is 0 Å². The number of nitrogens with two attached hydrogens (primary N) is 1. The molecule has 0 bridgehead atoms. The van der Waals surface area contributed by atoms with Crippen molar-refractivity contribution >= 4 is 46.1 Å². The van der Waals surface area contributed by atoms with E-state index in [-0.39, 0.29) is 75.9 Å². The maximum atomic E-state index is 14.4. The minimum absolute atomic E-state index is 0.0231. The second kappa shape index (κ2) is 42.5. The number of aliphatic hydroxyl groups is 2. The number of nitrogens with one attached hydrogen (secondary N) is 1. The van der Waals surface area contributed by atoms with Crippen LogP contribution in [0.15, 0.2) is 134 Å². The van der Waals surface area contributed by atoms with Crippen molar-refractivity contribution in [2.24, 2.45) is 0 Å². The normalized spacial score (nSPS) is 13.9. The Morgan fingerprint density at radius 3 is 1.29 bits per heavy atom. The molecule has 0 saturated carbocycles. The van der Waals surface area contributed by atoms with Gasteiger partial charge in [0, 0.05) is 143 Å². The predicted octanol–water partition coefficient (Wildman–Crippen LogP) is 15.6. The number of carboxylic acids is 1. The molecule has 2 aliphatic carbocycles. The molecule has 0 aliphatic heterocycles. The third-order valence-electron chi connectivity index (χ3n) is 11.8. The van der Waals surface area contributed by atoms with Crippen molar-refractivity contribution in [1.82, 2.24) is 18.8 Å². The van der Waals surface area contributed by atoms with Gasteiger partial charge in [-0.3, -0.25) is 23.2 Å². The fourth-order valence-corrected chi connectivity index (χ4v) is 8.38. The van der Waals surface area contributed by atoms with Crippen LogP contribution in [0.3, 0.4) is 0 Å². The number of nitrogen functional groups attached to an aromatic ring is 1. The van der Waals surface area contributed by atoms with Gasteiger partial charge in [-0.1, -0.05) is 48.5 Å². The number of carbonyl (C=O) groups excluding carboxylic acids is 3. The number of benzene rings is 4. The van der Waals surface area contributed by atoms with Crippen LogP contribution in [-0.4, -0.2) is 69.7 Å². The highest BCUT2D eigenvalue weighted by atomic mass is 20.0. The number of hydrogen-bond donors (Lipinski definition) is 5. The number of fused-ring (bicyclic) bond motifs is 4. The van der Waals surface area contributed by atoms with Crippen molar-refractivity contribution in [3.8, 4) is 0 Å². The van der Waals surface area contributed by atoms with Crippen LogP contribution in [0.25, 0.3) is 11.3 Å². The Bertz CT molecular complexity index is 3260. The van der Waals surface area contributed by atoms with Crippen LogP contribution in [0.1, 0.15) is 88.6 Å². The van der Waals surface area contributed by atoms with E-state index < -0.39 is 47.4 Å². The monoisotopic (exact) mass is 1250 g/mol. The number of pyridine rings is 2. The van der Waals surface area contributed by atoms with Crippen molar-refractivity contribution in [2.45, 2.75) is 49.7 Å². The SMILES string of the molecule is FF.FF.FF.FF.FF.FF.FF.FF.FF.Nc1cc(C(=O)C[C@@H]2c3ccccc3C[C@@H]2O)ccc1F.O=C(C[C@@H]1c2ccccc2C[C@@H]1O)c1ccc(F)c(NC(=O)c2cnc3cc(F)ccn23)c1.O=C(O)c1cnc2cc(F)ccn12. The summed E-state index contributed by atoms with van der Waals surface area (Å²) < 4.78 is 200. The third kappa shape index (κ3) is 21.8. The Kier molecular flexibility index (Phi) is 38.9. The summed E-state index contributed by atoms with van der Waals surface area (Å²) in [5, 5.41) is 31.7. The fourth-order valence-electron chi connectivity index (χ4n) is 8.38. The zero-order valence-electron chi connectivity index (χ0n) is 42.0. The van der Waals surface area contributed by atoms with Crippen LogP contribution in [0.5, 0.6) is 0 Å². The second-order valence-electron chi connectivity index (χ2n) is 16.0. The largest absolute Gasteiger partial charge is 0.477 e. The molecule has 4 atom stereocenters. The Balaban J connectivity index is 0. The van der Waals surface area contributed by atoms with E-state index in [1.54, 1.807) is 0 Å². The standard InChI is InChI=1S/C25H19F2N3O3.C17H16FNO2.C8H5FN2O2.9F2/c26-16-7-8-30-21(13-28-24(30)11-16)25(33)29-20-9-15(5-6-19(20)27)22(31)12-18-17-4-2-1-3-14(17)10-23(18)32;18-14-6-5-11(7-15(14)19)16(20)9-13-12-4-2-1-3-10(12)8-17(13)21;9-5-1-2-11-6(8(12)13)4-10-7(11)3-5;9*1-2/h1-9,11,13,18,23,32H,10,12H2,(H,29,33);1-7,13,17,21H,8-9,19H2;1-4H,(H,12,13);;;;;;;;;/t18-,23+;13-,17+;;;;;;;;;;/m11........../s1. The number of Topliss-reactive ketones (excluding diaryl/α,β-unsaturated/α-hetero) is 2. The van der Waals surface area contributed by atoms with Crippen LogP contribution in [-0.2, 0) is 12.8 Å². The highest BCUT2D eigenvalue weighted by molar-refractivity contribution is 6.05. The molecule has 35 heteroatoms. The van der Waals surface area contributed by atoms with E-state index in [4.69, 9.17) is 93.2 Å². The molecule has 4 aromatic carbocycles. The summed E-state index contributed by atoms with van der Waals surface area (Å²) >= 11 is 0. The molecule has 0 unspecified atom stereocenters. The molecule has 0 saturated heterocycles.